The Morgan fingerprint density at radius 2 is 1.88 bits per heavy atom. The van der Waals surface area contributed by atoms with E-state index < -0.39 is 0 Å². The van der Waals surface area contributed by atoms with Crippen molar-refractivity contribution in [3.8, 4) is 5.75 Å². The standard InChI is InChI=1S/C20H28N2O3/c1-2-21-16-20(10-8-18(21)23)11-13-22(14-12-20)19(24)9-15-25-17-6-4-3-5-7-17/h3-7H,2,8-16H2,1H3. The molecule has 0 bridgehead atoms. The van der Waals surface area contributed by atoms with Crippen LogP contribution in [0.2, 0.25) is 0 Å². The van der Waals surface area contributed by atoms with Gasteiger partial charge in [0.15, 0.2) is 0 Å². The normalized spacial score (nSPS) is 20.0. The number of carbonyl (C=O) groups excluding carboxylic acids is 2. The molecular formula is C20H28N2O3. The van der Waals surface area contributed by atoms with Gasteiger partial charge >= 0.3 is 0 Å². The lowest BCUT2D eigenvalue weighted by atomic mass is 9.72. The lowest BCUT2D eigenvalue weighted by Crippen LogP contribution is -2.52. The van der Waals surface area contributed by atoms with E-state index in [2.05, 4.69) is 0 Å². The van der Waals surface area contributed by atoms with E-state index in [0.717, 1.165) is 51.2 Å². The number of rotatable bonds is 5. The number of benzene rings is 1. The predicted octanol–water partition coefficient (Wildman–Crippen LogP) is 2.71. The average Bonchev–Trinajstić information content (AvgIpc) is 2.65. The van der Waals surface area contributed by atoms with Crippen LogP contribution in [-0.2, 0) is 9.59 Å². The highest BCUT2D eigenvalue weighted by Gasteiger charge is 2.41. The van der Waals surface area contributed by atoms with Crippen molar-refractivity contribution < 1.29 is 14.3 Å². The zero-order valence-electron chi connectivity index (χ0n) is 15.1. The minimum atomic E-state index is 0.171. The maximum absolute atomic E-state index is 12.4. The van der Waals surface area contributed by atoms with Gasteiger partial charge in [0.2, 0.25) is 11.8 Å². The highest BCUT2D eigenvalue weighted by molar-refractivity contribution is 5.77. The molecule has 2 heterocycles. The minimum absolute atomic E-state index is 0.171. The molecule has 0 saturated carbocycles. The SMILES string of the molecule is CCN1CC2(CCC1=O)CCN(C(=O)CCOc1ccccc1)CC2. The van der Waals surface area contributed by atoms with E-state index in [1.807, 2.05) is 47.1 Å². The molecule has 0 aromatic heterocycles. The first-order chi connectivity index (χ1) is 12.1. The summed E-state index contributed by atoms with van der Waals surface area (Å²) in [5, 5.41) is 0. The summed E-state index contributed by atoms with van der Waals surface area (Å²) in [6, 6.07) is 9.60. The van der Waals surface area contributed by atoms with Crippen LogP contribution < -0.4 is 4.74 Å². The Labute approximate surface area is 149 Å². The summed E-state index contributed by atoms with van der Waals surface area (Å²) >= 11 is 0. The Bertz CT molecular complexity index is 594. The summed E-state index contributed by atoms with van der Waals surface area (Å²) < 4.78 is 5.63. The monoisotopic (exact) mass is 344 g/mol. The van der Waals surface area contributed by atoms with Gasteiger partial charge in [0.1, 0.15) is 5.75 Å². The Hall–Kier alpha value is -2.04. The minimum Gasteiger partial charge on any atom is -0.493 e. The van der Waals surface area contributed by atoms with E-state index in [0.29, 0.717) is 19.4 Å². The molecule has 25 heavy (non-hydrogen) atoms. The fourth-order valence-corrected chi connectivity index (χ4v) is 3.96. The van der Waals surface area contributed by atoms with Crippen LogP contribution in [0.3, 0.4) is 0 Å². The van der Waals surface area contributed by atoms with Gasteiger partial charge in [0, 0.05) is 32.6 Å². The van der Waals surface area contributed by atoms with Crippen LogP contribution in [0, 0.1) is 5.41 Å². The van der Waals surface area contributed by atoms with Crippen molar-refractivity contribution in [2.75, 3.05) is 32.8 Å². The van der Waals surface area contributed by atoms with Crippen molar-refractivity contribution in [2.45, 2.75) is 39.0 Å². The lowest BCUT2D eigenvalue weighted by Gasteiger charge is -2.47. The summed E-state index contributed by atoms with van der Waals surface area (Å²) in [5.41, 5.74) is 0.223. The summed E-state index contributed by atoms with van der Waals surface area (Å²) in [4.78, 5) is 28.3. The third-order valence-electron chi connectivity index (χ3n) is 5.63. The molecule has 0 aliphatic carbocycles. The summed E-state index contributed by atoms with van der Waals surface area (Å²) in [7, 11) is 0. The van der Waals surface area contributed by atoms with Gasteiger partial charge in [-0.1, -0.05) is 18.2 Å². The maximum atomic E-state index is 12.4. The molecule has 2 aliphatic heterocycles. The molecule has 5 heteroatoms. The maximum Gasteiger partial charge on any atom is 0.225 e. The molecule has 5 nitrogen and oxygen atoms in total. The topological polar surface area (TPSA) is 49.9 Å². The van der Waals surface area contributed by atoms with Gasteiger partial charge in [-0.2, -0.15) is 0 Å². The molecule has 2 fully saturated rings. The van der Waals surface area contributed by atoms with Crippen LogP contribution in [0.1, 0.15) is 39.0 Å². The van der Waals surface area contributed by atoms with Gasteiger partial charge in [-0.3, -0.25) is 9.59 Å². The predicted molar refractivity (Wildman–Crippen MR) is 96.3 cm³/mol. The number of hydrogen-bond acceptors (Lipinski definition) is 3. The molecule has 0 atom stereocenters. The molecule has 136 valence electrons. The fourth-order valence-electron chi connectivity index (χ4n) is 3.96. The van der Waals surface area contributed by atoms with E-state index >= 15 is 0 Å². The van der Waals surface area contributed by atoms with Crippen molar-refractivity contribution in [3.63, 3.8) is 0 Å². The van der Waals surface area contributed by atoms with Gasteiger partial charge in [-0.05, 0) is 43.7 Å². The smallest absolute Gasteiger partial charge is 0.225 e. The zero-order valence-corrected chi connectivity index (χ0v) is 15.1. The van der Waals surface area contributed by atoms with E-state index in [9.17, 15) is 9.59 Å². The van der Waals surface area contributed by atoms with Crippen LogP contribution in [0.15, 0.2) is 30.3 Å². The Balaban J connectivity index is 1.44. The molecule has 1 aromatic rings. The molecule has 1 aromatic carbocycles. The molecule has 0 radical (unpaired) electrons. The number of piperidine rings is 2. The molecule has 3 rings (SSSR count). The second kappa shape index (κ2) is 7.89. The molecule has 1 spiro atoms. The summed E-state index contributed by atoms with van der Waals surface area (Å²) in [6.07, 6.45) is 4.06. The molecule has 0 unspecified atom stereocenters. The van der Waals surface area contributed by atoms with Crippen LogP contribution in [0.4, 0.5) is 0 Å². The van der Waals surface area contributed by atoms with Crippen molar-refractivity contribution in [3.05, 3.63) is 30.3 Å². The van der Waals surface area contributed by atoms with Crippen LogP contribution in [0.5, 0.6) is 5.75 Å². The molecule has 2 amide bonds. The number of amides is 2. The van der Waals surface area contributed by atoms with Crippen molar-refractivity contribution >= 4 is 11.8 Å². The average molecular weight is 344 g/mol. The Morgan fingerprint density at radius 1 is 1.16 bits per heavy atom. The van der Waals surface area contributed by atoms with E-state index in [1.165, 1.54) is 0 Å². The first kappa shape index (κ1) is 17.8. The van der Waals surface area contributed by atoms with Crippen molar-refractivity contribution in [1.82, 2.24) is 9.80 Å². The number of carbonyl (C=O) groups is 2. The third-order valence-corrected chi connectivity index (χ3v) is 5.63. The van der Waals surface area contributed by atoms with E-state index in [4.69, 9.17) is 4.74 Å². The summed E-state index contributed by atoms with van der Waals surface area (Å²) in [6.45, 7) is 5.72. The van der Waals surface area contributed by atoms with Gasteiger partial charge < -0.3 is 14.5 Å². The number of hydrogen-bond donors (Lipinski definition) is 0. The van der Waals surface area contributed by atoms with Gasteiger partial charge in [-0.25, -0.2) is 0 Å². The number of likely N-dealkylation sites (tertiary alicyclic amines) is 2. The second-order valence-electron chi connectivity index (χ2n) is 7.20. The van der Waals surface area contributed by atoms with Crippen molar-refractivity contribution in [1.29, 1.82) is 0 Å². The first-order valence-corrected chi connectivity index (χ1v) is 9.35. The molecule has 2 saturated heterocycles. The number of nitrogens with zero attached hydrogens (tertiary/aromatic N) is 2. The largest absolute Gasteiger partial charge is 0.493 e. The van der Waals surface area contributed by atoms with Crippen LogP contribution in [-0.4, -0.2) is 54.4 Å². The molecular weight excluding hydrogens is 316 g/mol. The third kappa shape index (κ3) is 4.33. The van der Waals surface area contributed by atoms with E-state index in [-0.39, 0.29) is 17.2 Å². The van der Waals surface area contributed by atoms with Gasteiger partial charge in [0.05, 0.1) is 13.0 Å². The highest BCUT2D eigenvalue weighted by atomic mass is 16.5. The van der Waals surface area contributed by atoms with E-state index in [1.54, 1.807) is 0 Å². The second-order valence-corrected chi connectivity index (χ2v) is 7.20. The van der Waals surface area contributed by atoms with Gasteiger partial charge in [0.25, 0.3) is 0 Å². The Morgan fingerprint density at radius 3 is 2.56 bits per heavy atom. The quantitative estimate of drug-likeness (QED) is 0.825. The van der Waals surface area contributed by atoms with Gasteiger partial charge in [-0.15, -0.1) is 0 Å². The first-order valence-electron chi connectivity index (χ1n) is 9.35. The summed E-state index contributed by atoms with van der Waals surface area (Å²) in [5.74, 6) is 1.26. The molecule has 2 aliphatic rings. The highest BCUT2D eigenvalue weighted by Crippen LogP contribution is 2.40. The zero-order chi connectivity index (χ0) is 17.7. The number of para-hydroxylation sites is 1. The van der Waals surface area contributed by atoms with Crippen LogP contribution in [0.25, 0.3) is 0 Å². The van der Waals surface area contributed by atoms with Crippen LogP contribution >= 0.6 is 0 Å². The Kier molecular flexibility index (Phi) is 5.61. The number of ether oxygens (including phenoxy) is 1. The lowest BCUT2D eigenvalue weighted by molar-refractivity contribution is -0.142. The fraction of sp³-hybridized carbons (Fsp3) is 0.600. The van der Waals surface area contributed by atoms with Crippen molar-refractivity contribution in [2.24, 2.45) is 5.41 Å². The molecule has 0 N–H and O–H groups in total.